The van der Waals surface area contributed by atoms with Crippen LogP contribution in [0.4, 0.5) is 0 Å². The van der Waals surface area contributed by atoms with Crippen molar-refractivity contribution in [2.45, 2.75) is 97.4 Å². The summed E-state index contributed by atoms with van der Waals surface area (Å²) in [4.78, 5) is 24.2. The van der Waals surface area contributed by atoms with Gasteiger partial charge in [0.05, 0.1) is 6.54 Å². The summed E-state index contributed by atoms with van der Waals surface area (Å²) >= 11 is 0. The molecule has 5 nitrogen and oxygen atoms in total. The van der Waals surface area contributed by atoms with Crippen molar-refractivity contribution in [1.29, 1.82) is 0 Å². The van der Waals surface area contributed by atoms with Crippen LogP contribution < -0.4 is 10.1 Å². The molecule has 0 aliphatic rings. The summed E-state index contributed by atoms with van der Waals surface area (Å²) in [7, 11) is 0. The highest BCUT2D eigenvalue weighted by Crippen LogP contribution is 2.27. The fourth-order valence-corrected chi connectivity index (χ4v) is 2.98. The van der Waals surface area contributed by atoms with Gasteiger partial charge in [-0.25, -0.2) is 0 Å². The molecule has 30 heavy (non-hydrogen) atoms. The lowest BCUT2D eigenvalue weighted by Crippen LogP contribution is -2.39. The number of halogens is 1. The molecule has 2 N–H and O–H groups in total. The number of unbranched alkanes of at least 4 members (excludes halogenated alkanes) is 8. The van der Waals surface area contributed by atoms with Gasteiger partial charge in [-0.3, -0.25) is 9.59 Å². The summed E-state index contributed by atoms with van der Waals surface area (Å²) in [6.07, 6.45) is 11.0. The predicted octanol–water partition coefficient (Wildman–Crippen LogP) is 6.21. The van der Waals surface area contributed by atoms with E-state index in [-0.39, 0.29) is 47.7 Å². The van der Waals surface area contributed by atoms with E-state index >= 15 is 0 Å². The van der Waals surface area contributed by atoms with E-state index < -0.39 is 0 Å². The SMILES string of the molecule is CCCCCCCCCCCC(=O)Oc1ccc(C(=O)CNC(C)(C)C)cc1O.Cl. The molecule has 0 radical (unpaired) electrons. The number of carbonyl (C=O) groups excluding carboxylic acids is 2. The highest BCUT2D eigenvalue weighted by Gasteiger charge is 2.15. The van der Waals surface area contributed by atoms with Crippen LogP contribution in [-0.2, 0) is 4.79 Å². The van der Waals surface area contributed by atoms with E-state index in [1.807, 2.05) is 20.8 Å². The third kappa shape index (κ3) is 12.9. The summed E-state index contributed by atoms with van der Waals surface area (Å²) in [5.41, 5.74) is 0.223. The Balaban J connectivity index is 0.00000841. The Labute approximate surface area is 188 Å². The molecule has 0 aliphatic carbocycles. The summed E-state index contributed by atoms with van der Waals surface area (Å²) in [6.45, 7) is 8.34. The molecule has 0 saturated carbocycles. The molecule has 0 aromatic heterocycles. The Morgan fingerprint density at radius 1 is 0.967 bits per heavy atom. The normalized spacial score (nSPS) is 11.1. The molecule has 0 fully saturated rings. The first kappa shape index (κ1) is 28.4. The minimum absolute atomic E-state index is 0. The zero-order valence-corrected chi connectivity index (χ0v) is 19.9. The van der Waals surface area contributed by atoms with Gasteiger partial charge < -0.3 is 15.2 Å². The Kier molecular flexibility index (Phi) is 14.4. The molecule has 0 aliphatic heterocycles. The number of Topliss-reactive ketones (excluding diaryl/α,β-unsaturated/α-hetero) is 1. The number of phenolic OH excluding ortho intramolecular Hbond substituents is 1. The third-order valence-electron chi connectivity index (χ3n) is 4.77. The number of esters is 1. The molecule has 1 aromatic rings. The second kappa shape index (κ2) is 15.2. The van der Waals surface area contributed by atoms with Gasteiger partial charge in [-0.1, -0.05) is 58.3 Å². The lowest BCUT2D eigenvalue weighted by Gasteiger charge is -2.19. The van der Waals surface area contributed by atoms with E-state index in [1.54, 1.807) is 6.07 Å². The number of rotatable bonds is 14. The Hall–Kier alpha value is -1.59. The summed E-state index contributed by atoms with van der Waals surface area (Å²) < 4.78 is 5.25. The Bertz CT molecular complexity index is 641. The van der Waals surface area contributed by atoms with E-state index in [0.29, 0.717) is 12.0 Å². The number of nitrogens with one attached hydrogen (secondary N) is 1. The van der Waals surface area contributed by atoms with Gasteiger partial charge >= 0.3 is 5.97 Å². The molecular weight excluding hydrogens is 402 g/mol. The van der Waals surface area contributed by atoms with Crippen molar-refractivity contribution in [2.75, 3.05) is 6.54 Å². The largest absolute Gasteiger partial charge is 0.504 e. The molecule has 0 bridgehead atoms. The number of hydrogen-bond donors (Lipinski definition) is 2. The van der Waals surface area contributed by atoms with Crippen LogP contribution in [0.1, 0.15) is 102 Å². The molecular formula is C24H40ClNO4. The molecule has 172 valence electrons. The number of benzene rings is 1. The third-order valence-corrected chi connectivity index (χ3v) is 4.77. The Morgan fingerprint density at radius 2 is 1.53 bits per heavy atom. The maximum absolute atomic E-state index is 12.2. The van der Waals surface area contributed by atoms with Crippen molar-refractivity contribution in [3.05, 3.63) is 23.8 Å². The molecule has 1 rings (SSSR count). The van der Waals surface area contributed by atoms with E-state index in [0.717, 1.165) is 19.3 Å². The monoisotopic (exact) mass is 441 g/mol. The van der Waals surface area contributed by atoms with Crippen molar-refractivity contribution < 1.29 is 19.4 Å². The van der Waals surface area contributed by atoms with Gasteiger partial charge in [0, 0.05) is 17.5 Å². The molecule has 0 heterocycles. The van der Waals surface area contributed by atoms with Crippen LogP contribution >= 0.6 is 12.4 Å². The number of aromatic hydroxyl groups is 1. The van der Waals surface area contributed by atoms with Crippen LogP contribution in [0.3, 0.4) is 0 Å². The van der Waals surface area contributed by atoms with Gasteiger partial charge in [0.2, 0.25) is 0 Å². The zero-order chi connectivity index (χ0) is 21.7. The first-order valence-corrected chi connectivity index (χ1v) is 11.0. The highest BCUT2D eigenvalue weighted by molar-refractivity contribution is 5.98. The first-order chi connectivity index (χ1) is 13.7. The van der Waals surface area contributed by atoms with Crippen LogP contribution in [0.15, 0.2) is 18.2 Å². The second-order valence-electron chi connectivity index (χ2n) is 8.76. The van der Waals surface area contributed by atoms with Gasteiger partial charge in [-0.05, 0) is 45.4 Å². The topological polar surface area (TPSA) is 75.6 Å². The number of carbonyl (C=O) groups is 2. The van der Waals surface area contributed by atoms with Crippen molar-refractivity contribution in [3.63, 3.8) is 0 Å². The zero-order valence-electron chi connectivity index (χ0n) is 19.1. The highest BCUT2D eigenvalue weighted by atomic mass is 35.5. The average molecular weight is 442 g/mol. The fourth-order valence-electron chi connectivity index (χ4n) is 2.98. The van der Waals surface area contributed by atoms with Gasteiger partial charge in [-0.2, -0.15) is 0 Å². The Morgan fingerprint density at radius 3 is 2.07 bits per heavy atom. The number of hydrogen-bond acceptors (Lipinski definition) is 5. The van der Waals surface area contributed by atoms with Crippen molar-refractivity contribution in [3.8, 4) is 11.5 Å². The van der Waals surface area contributed by atoms with Gasteiger partial charge in [0.25, 0.3) is 0 Å². The molecule has 0 atom stereocenters. The summed E-state index contributed by atoms with van der Waals surface area (Å²) in [6, 6.07) is 4.41. The number of ketones is 1. The molecule has 0 spiro atoms. The van der Waals surface area contributed by atoms with Crippen LogP contribution in [-0.4, -0.2) is 28.9 Å². The van der Waals surface area contributed by atoms with Gasteiger partial charge in [0.15, 0.2) is 17.3 Å². The number of phenols is 1. The molecule has 0 unspecified atom stereocenters. The van der Waals surface area contributed by atoms with Crippen LogP contribution in [0.5, 0.6) is 11.5 Å². The fraction of sp³-hybridized carbons (Fsp3) is 0.667. The standard InChI is InChI=1S/C24H39NO4.ClH/c1-5-6-7-8-9-10-11-12-13-14-23(28)29-22-16-15-19(17-20(22)26)21(27)18-25-24(2,3)4;/h15-17,25-26H,5-14,18H2,1-4H3;1H. The lowest BCUT2D eigenvalue weighted by molar-refractivity contribution is -0.134. The van der Waals surface area contributed by atoms with Crippen LogP contribution in [0, 0.1) is 0 Å². The van der Waals surface area contributed by atoms with E-state index in [1.165, 1.54) is 50.7 Å². The minimum atomic E-state index is -0.350. The number of ether oxygens (including phenoxy) is 1. The summed E-state index contributed by atoms with van der Waals surface area (Å²) in [5.74, 6) is -0.558. The van der Waals surface area contributed by atoms with E-state index in [9.17, 15) is 14.7 Å². The average Bonchev–Trinajstić information content (AvgIpc) is 2.65. The lowest BCUT2D eigenvalue weighted by atomic mass is 10.1. The van der Waals surface area contributed by atoms with Crippen LogP contribution in [0.25, 0.3) is 0 Å². The second-order valence-corrected chi connectivity index (χ2v) is 8.76. The quantitative estimate of drug-likeness (QED) is 0.155. The molecule has 0 amide bonds. The maximum atomic E-state index is 12.2. The van der Waals surface area contributed by atoms with Gasteiger partial charge in [0.1, 0.15) is 0 Å². The van der Waals surface area contributed by atoms with Gasteiger partial charge in [-0.15, -0.1) is 12.4 Å². The first-order valence-electron chi connectivity index (χ1n) is 11.0. The molecule has 6 heteroatoms. The van der Waals surface area contributed by atoms with E-state index in [4.69, 9.17) is 4.74 Å². The smallest absolute Gasteiger partial charge is 0.311 e. The molecule has 0 saturated heterocycles. The predicted molar refractivity (Wildman–Crippen MR) is 125 cm³/mol. The van der Waals surface area contributed by atoms with Crippen molar-refractivity contribution >= 4 is 24.2 Å². The maximum Gasteiger partial charge on any atom is 0.311 e. The van der Waals surface area contributed by atoms with Crippen molar-refractivity contribution in [2.24, 2.45) is 0 Å². The van der Waals surface area contributed by atoms with Crippen molar-refractivity contribution in [1.82, 2.24) is 5.32 Å². The van der Waals surface area contributed by atoms with E-state index in [2.05, 4.69) is 12.2 Å². The van der Waals surface area contributed by atoms with Crippen LogP contribution in [0.2, 0.25) is 0 Å². The summed E-state index contributed by atoms with van der Waals surface area (Å²) in [5, 5.41) is 13.2. The molecule has 1 aromatic carbocycles. The minimum Gasteiger partial charge on any atom is -0.504 e.